The van der Waals surface area contributed by atoms with Gasteiger partial charge in [-0.2, -0.15) is 0 Å². The van der Waals surface area contributed by atoms with Crippen LogP contribution in [0.15, 0.2) is 17.1 Å². The Bertz CT molecular complexity index is 834. The van der Waals surface area contributed by atoms with Gasteiger partial charge in [-0.25, -0.2) is 0 Å². The Kier molecular flexibility index (Phi) is 2.41. The topological polar surface area (TPSA) is 82.0 Å². The van der Waals surface area contributed by atoms with Crippen molar-refractivity contribution in [3.63, 3.8) is 0 Å². The number of aromatic nitrogens is 4. The van der Waals surface area contributed by atoms with Crippen molar-refractivity contribution in [3.05, 3.63) is 22.5 Å². The minimum atomic E-state index is -0.324. The molecule has 0 unspecified atom stereocenters. The fourth-order valence-corrected chi connectivity index (χ4v) is 2.14. The summed E-state index contributed by atoms with van der Waals surface area (Å²) in [7, 11) is 4.74. The summed E-state index contributed by atoms with van der Waals surface area (Å²) in [6.07, 6.45) is 1.78. The molecule has 0 atom stereocenters. The quantitative estimate of drug-likeness (QED) is 0.738. The zero-order valence-corrected chi connectivity index (χ0v) is 10.7. The Morgan fingerprint density at radius 2 is 2.00 bits per heavy atom. The number of nitrogens with zero attached hydrogens (tertiary/aromatic N) is 3. The summed E-state index contributed by atoms with van der Waals surface area (Å²) in [6, 6.07) is 1.74. The molecule has 19 heavy (non-hydrogen) atoms. The molecular formula is C12H12N4O3. The van der Waals surface area contributed by atoms with E-state index >= 15 is 0 Å². The molecule has 0 bridgehead atoms. The molecule has 0 spiro atoms. The highest BCUT2D eigenvalue weighted by atomic mass is 16.5. The number of H-pyrrole nitrogens is 1. The molecule has 3 rings (SSSR count). The zero-order chi connectivity index (χ0) is 13.6. The maximum Gasteiger partial charge on any atom is 0.252 e. The third-order valence-corrected chi connectivity index (χ3v) is 3.10. The van der Waals surface area contributed by atoms with Crippen molar-refractivity contribution in [1.29, 1.82) is 0 Å². The van der Waals surface area contributed by atoms with Gasteiger partial charge in [-0.1, -0.05) is 0 Å². The number of nitrogens with one attached hydrogen (secondary N) is 1. The Morgan fingerprint density at radius 3 is 2.68 bits per heavy atom. The highest BCUT2D eigenvalue weighted by Gasteiger charge is 2.17. The van der Waals surface area contributed by atoms with E-state index in [1.165, 1.54) is 14.2 Å². The van der Waals surface area contributed by atoms with E-state index in [2.05, 4.69) is 15.3 Å². The first kappa shape index (κ1) is 11.5. The highest BCUT2D eigenvalue weighted by molar-refractivity contribution is 6.03. The van der Waals surface area contributed by atoms with Crippen LogP contribution >= 0.6 is 0 Å². The summed E-state index contributed by atoms with van der Waals surface area (Å²) >= 11 is 0. The number of ether oxygens (including phenoxy) is 2. The van der Waals surface area contributed by atoms with Gasteiger partial charge in [-0.3, -0.25) is 9.48 Å². The molecule has 1 N–H and O–H groups in total. The average molecular weight is 260 g/mol. The molecule has 2 heterocycles. The van der Waals surface area contributed by atoms with E-state index in [0.29, 0.717) is 16.8 Å². The molecular weight excluding hydrogens is 248 g/mol. The predicted molar refractivity (Wildman–Crippen MR) is 69.7 cm³/mol. The number of aryl methyl sites for hydroxylation is 1. The minimum absolute atomic E-state index is 0.142. The summed E-state index contributed by atoms with van der Waals surface area (Å²) in [6.45, 7) is 0. The number of hydrogen-bond acceptors (Lipinski definition) is 5. The molecule has 0 aliphatic heterocycles. The summed E-state index contributed by atoms with van der Waals surface area (Å²) in [5, 5.41) is 12.5. The van der Waals surface area contributed by atoms with E-state index in [0.717, 1.165) is 5.39 Å². The summed E-state index contributed by atoms with van der Waals surface area (Å²) in [4.78, 5) is 12.3. The molecule has 98 valence electrons. The maximum absolute atomic E-state index is 12.3. The smallest absolute Gasteiger partial charge is 0.252 e. The third kappa shape index (κ3) is 1.48. The Labute approximate surface area is 107 Å². The third-order valence-electron chi connectivity index (χ3n) is 3.10. The van der Waals surface area contributed by atoms with Gasteiger partial charge in [0.25, 0.3) is 5.43 Å². The molecule has 0 radical (unpaired) electrons. The summed E-state index contributed by atoms with van der Waals surface area (Å²) < 4.78 is 12.0. The van der Waals surface area contributed by atoms with E-state index < -0.39 is 0 Å². The molecule has 2 aromatic heterocycles. The van der Waals surface area contributed by atoms with E-state index in [-0.39, 0.29) is 16.7 Å². The fraction of sp³-hybridized carbons (Fsp3) is 0.250. The summed E-state index contributed by atoms with van der Waals surface area (Å²) in [5.74, 6) is 0.529. The second-order valence-electron chi connectivity index (χ2n) is 4.11. The van der Waals surface area contributed by atoms with Gasteiger partial charge in [0.2, 0.25) is 5.75 Å². The van der Waals surface area contributed by atoms with Crippen molar-refractivity contribution >= 4 is 21.9 Å². The lowest BCUT2D eigenvalue weighted by Gasteiger charge is -2.07. The SMILES string of the molecule is COc1cc2c(nnc3c2c[nH]n3C)c(=O)c1OC. The standard InChI is InChI=1S/C12H12N4O3/c1-16-12-7(5-13-16)6-4-8(18-2)11(19-3)10(17)9(6)14-15-12/h4-5,13H,1-3H3. The van der Waals surface area contributed by atoms with Crippen LogP contribution in [0.3, 0.4) is 0 Å². The molecule has 0 saturated heterocycles. The van der Waals surface area contributed by atoms with Gasteiger partial charge in [0.05, 0.1) is 14.2 Å². The van der Waals surface area contributed by atoms with Crippen molar-refractivity contribution < 1.29 is 9.47 Å². The second-order valence-corrected chi connectivity index (χ2v) is 4.11. The molecule has 0 amide bonds. The molecule has 3 aromatic rings. The van der Waals surface area contributed by atoms with Gasteiger partial charge in [0, 0.05) is 24.0 Å². The highest BCUT2D eigenvalue weighted by Crippen LogP contribution is 2.29. The zero-order valence-electron chi connectivity index (χ0n) is 10.7. The van der Waals surface area contributed by atoms with Crippen LogP contribution in [-0.4, -0.2) is 34.2 Å². The van der Waals surface area contributed by atoms with Gasteiger partial charge in [0.15, 0.2) is 11.4 Å². The van der Waals surface area contributed by atoms with E-state index in [4.69, 9.17) is 9.47 Å². The first-order valence-corrected chi connectivity index (χ1v) is 5.63. The fourth-order valence-electron chi connectivity index (χ4n) is 2.14. The predicted octanol–water partition coefficient (Wildman–Crippen LogP) is 0.827. The Balaban J connectivity index is 2.54. The summed E-state index contributed by atoms with van der Waals surface area (Å²) in [5.41, 5.74) is 0.610. The first-order chi connectivity index (χ1) is 9.17. The maximum atomic E-state index is 12.3. The van der Waals surface area contributed by atoms with Gasteiger partial charge in [0.1, 0.15) is 5.52 Å². The van der Waals surface area contributed by atoms with E-state index in [9.17, 15) is 4.79 Å². The normalized spacial score (nSPS) is 11.1. The van der Waals surface area contributed by atoms with Crippen molar-refractivity contribution in [1.82, 2.24) is 20.0 Å². The molecule has 0 aliphatic rings. The number of benzene rings is 1. The number of aromatic amines is 1. The van der Waals surface area contributed by atoms with Crippen molar-refractivity contribution in [3.8, 4) is 11.5 Å². The number of methoxy groups -OCH3 is 2. The van der Waals surface area contributed by atoms with Gasteiger partial charge in [-0.15, -0.1) is 10.2 Å². The van der Waals surface area contributed by atoms with Crippen LogP contribution in [0, 0.1) is 0 Å². The second kappa shape index (κ2) is 3.98. The first-order valence-electron chi connectivity index (χ1n) is 5.63. The van der Waals surface area contributed by atoms with Crippen LogP contribution < -0.4 is 14.9 Å². The minimum Gasteiger partial charge on any atom is -0.493 e. The molecule has 1 aromatic carbocycles. The molecule has 0 saturated carbocycles. The average Bonchev–Trinajstić information content (AvgIpc) is 2.80. The lowest BCUT2D eigenvalue weighted by atomic mass is 10.1. The van der Waals surface area contributed by atoms with Crippen LogP contribution in [0.4, 0.5) is 0 Å². The lowest BCUT2D eigenvalue weighted by molar-refractivity contribution is 0.353. The van der Waals surface area contributed by atoms with Crippen LogP contribution in [0.25, 0.3) is 21.9 Å². The van der Waals surface area contributed by atoms with Crippen molar-refractivity contribution in [2.24, 2.45) is 7.05 Å². The molecule has 7 nitrogen and oxygen atoms in total. The van der Waals surface area contributed by atoms with Crippen LogP contribution in [0.5, 0.6) is 11.5 Å². The van der Waals surface area contributed by atoms with Gasteiger partial charge < -0.3 is 14.6 Å². The molecule has 0 fully saturated rings. The number of rotatable bonds is 2. The molecule has 0 aliphatic carbocycles. The number of fused-ring (bicyclic) bond motifs is 3. The van der Waals surface area contributed by atoms with Crippen molar-refractivity contribution in [2.45, 2.75) is 0 Å². The number of hydrogen-bond donors (Lipinski definition) is 1. The monoisotopic (exact) mass is 260 g/mol. The Hall–Kier alpha value is -2.57. The Morgan fingerprint density at radius 1 is 1.21 bits per heavy atom. The van der Waals surface area contributed by atoms with E-state index in [1.54, 1.807) is 16.9 Å². The van der Waals surface area contributed by atoms with E-state index in [1.807, 2.05) is 7.05 Å². The lowest BCUT2D eigenvalue weighted by Crippen LogP contribution is -2.10. The molecule has 7 heteroatoms. The van der Waals surface area contributed by atoms with Gasteiger partial charge >= 0.3 is 0 Å². The van der Waals surface area contributed by atoms with Gasteiger partial charge in [-0.05, 0) is 6.07 Å². The van der Waals surface area contributed by atoms with Crippen molar-refractivity contribution in [2.75, 3.05) is 14.2 Å². The van der Waals surface area contributed by atoms with Crippen LogP contribution in [-0.2, 0) is 7.05 Å². The largest absolute Gasteiger partial charge is 0.493 e. The van der Waals surface area contributed by atoms with Crippen LogP contribution in [0.2, 0.25) is 0 Å². The van der Waals surface area contributed by atoms with Crippen LogP contribution in [0.1, 0.15) is 0 Å².